The summed E-state index contributed by atoms with van der Waals surface area (Å²) in [5.41, 5.74) is 2.63. The molecule has 9 heteroatoms. The molecule has 2 fully saturated rings. The molecule has 9 nitrogen and oxygen atoms in total. The first-order valence-electron chi connectivity index (χ1n) is 11.2. The number of hydrogen-bond donors (Lipinski definition) is 0. The molecule has 1 aromatic carbocycles. The van der Waals surface area contributed by atoms with E-state index in [1.165, 1.54) is 0 Å². The van der Waals surface area contributed by atoms with Crippen LogP contribution in [-0.2, 0) is 11.3 Å². The Hall–Kier alpha value is -3.77. The number of benzene rings is 1. The lowest BCUT2D eigenvalue weighted by Gasteiger charge is -2.13. The van der Waals surface area contributed by atoms with Gasteiger partial charge in [0.05, 0.1) is 53.5 Å². The molecule has 0 N–H and O–H groups in total. The van der Waals surface area contributed by atoms with Gasteiger partial charge in [0.15, 0.2) is 5.82 Å². The molecule has 0 radical (unpaired) electrons. The predicted molar refractivity (Wildman–Crippen MR) is 120 cm³/mol. The first-order chi connectivity index (χ1) is 16.2. The van der Waals surface area contributed by atoms with E-state index in [0.717, 1.165) is 36.9 Å². The Bertz CT molecular complexity index is 1460. The van der Waals surface area contributed by atoms with E-state index >= 15 is 0 Å². The SMILES string of the molecule is N#Cc1cccc2nc(Cn3c(=O)n(C4CC4)c4ccncc43)nc(OCC3CCOC3)c12. The number of pyridine rings is 1. The third-order valence-corrected chi connectivity index (χ3v) is 6.31. The molecule has 1 unspecified atom stereocenters. The summed E-state index contributed by atoms with van der Waals surface area (Å²) < 4.78 is 15.1. The van der Waals surface area contributed by atoms with Crippen LogP contribution in [0, 0.1) is 17.2 Å². The highest BCUT2D eigenvalue weighted by Crippen LogP contribution is 2.36. The Kier molecular flexibility index (Phi) is 4.80. The summed E-state index contributed by atoms with van der Waals surface area (Å²) in [7, 11) is 0. The standard InChI is InChI=1S/C24H22N6O3/c25-10-16-2-1-3-18-22(16)23(33-14-15-7-9-32-13-15)28-21(27-18)12-29-20-11-26-8-6-19(20)30(24(29)31)17-4-5-17/h1-3,6,8,11,15,17H,4-5,7,9,12-14H2. The largest absolute Gasteiger partial charge is 0.477 e. The first-order valence-corrected chi connectivity index (χ1v) is 11.2. The Balaban J connectivity index is 1.44. The highest BCUT2D eigenvalue weighted by Gasteiger charge is 2.29. The molecule has 1 aliphatic heterocycles. The second-order valence-electron chi connectivity index (χ2n) is 8.63. The Labute approximate surface area is 189 Å². The first kappa shape index (κ1) is 19.9. The van der Waals surface area contributed by atoms with E-state index in [4.69, 9.17) is 9.47 Å². The van der Waals surface area contributed by atoms with Crippen LogP contribution in [-0.4, -0.2) is 43.9 Å². The fourth-order valence-electron chi connectivity index (χ4n) is 4.48. The van der Waals surface area contributed by atoms with Gasteiger partial charge >= 0.3 is 5.69 Å². The smallest absolute Gasteiger partial charge is 0.329 e. The van der Waals surface area contributed by atoms with Gasteiger partial charge in [-0.25, -0.2) is 9.78 Å². The average Bonchev–Trinajstić information content (AvgIpc) is 3.45. The van der Waals surface area contributed by atoms with E-state index in [1.54, 1.807) is 29.1 Å². The van der Waals surface area contributed by atoms with Crippen molar-refractivity contribution in [2.24, 2.45) is 5.92 Å². The molecule has 4 heterocycles. The van der Waals surface area contributed by atoms with Crippen molar-refractivity contribution in [2.45, 2.75) is 31.8 Å². The molecule has 0 bridgehead atoms. The lowest BCUT2D eigenvalue weighted by molar-refractivity contribution is 0.166. The molecule has 4 aromatic rings. The van der Waals surface area contributed by atoms with Gasteiger partial charge in [-0.2, -0.15) is 10.2 Å². The minimum absolute atomic E-state index is 0.0828. The van der Waals surface area contributed by atoms with Crippen LogP contribution in [0.2, 0.25) is 0 Å². The van der Waals surface area contributed by atoms with Crippen LogP contribution in [0.4, 0.5) is 0 Å². The molecule has 0 spiro atoms. The fraction of sp³-hybridized carbons (Fsp3) is 0.375. The molecule has 1 saturated heterocycles. The van der Waals surface area contributed by atoms with Crippen LogP contribution in [0.5, 0.6) is 5.88 Å². The topological polar surface area (TPSA) is 108 Å². The van der Waals surface area contributed by atoms with Gasteiger partial charge in [0.1, 0.15) is 6.07 Å². The van der Waals surface area contributed by atoms with E-state index < -0.39 is 0 Å². The Morgan fingerprint density at radius 1 is 1.18 bits per heavy atom. The van der Waals surface area contributed by atoms with E-state index in [0.29, 0.717) is 41.4 Å². The number of ether oxygens (including phenoxy) is 2. The van der Waals surface area contributed by atoms with Gasteiger partial charge in [0.2, 0.25) is 5.88 Å². The number of aromatic nitrogens is 5. The van der Waals surface area contributed by atoms with Crippen LogP contribution in [0.25, 0.3) is 21.9 Å². The van der Waals surface area contributed by atoms with Gasteiger partial charge in [0.25, 0.3) is 0 Å². The predicted octanol–water partition coefficient (Wildman–Crippen LogP) is 2.81. The molecule has 6 rings (SSSR count). The van der Waals surface area contributed by atoms with Gasteiger partial charge < -0.3 is 9.47 Å². The highest BCUT2D eigenvalue weighted by molar-refractivity contribution is 5.89. The molecule has 1 atom stereocenters. The van der Waals surface area contributed by atoms with Crippen LogP contribution in [0.3, 0.4) is 0 Å². The summed E-state index contributed by atoms with van der Waals surface area (Å²) in [6.45, 7) is 2.03. The number of hydrogen-bond acceptors (Lipinski definition) is 7. The second-order valence-corrected chi connectivity index (χ2v) is 8.63. The van der Waals surface area contributed by atoms with Gasteiger partial charge in [0, 0.05) is 24.8 Å². The maximum absolute atomic E-state index is 13.3. The molecule has 1 saturated carbocycles. The molecule has 166 valence electrons. The number of nitrogens with zero attached hydrogens (tertiary/aromatic N) is 6. The molecule has 2 aliphatic rings. The average molecular weight is 442 g/mol. The van der Waals surface area contributed by atoms with E-state index in [-0.39, 0.29) is 24.2 Å². The van der Waals surface area contributed by atoms with Crippen molar-refractivity contribution in [1.82, 2.24) is 24.1 Å². The van der Waals surface area contributed by atoms with Crippen molar-refractivity contribution in [3.8, 4) is 11.9 Å². The van der Waals surface area contributed by atoms with Gasteiger partial charge in [-0.3, -0.25) is 14.1 Å². The summed E-state index contributed by atoms with van der Waals surface area (Å²) in [4.78, 5) is 26.9. The van der Waals surface area contributed by atoms with Gasteiger partial charge in [-0.15, -0.1) is 0 Å². The number of imidazole rings is 1. The van der Waals surface area contributed by atoms with Crippen LogP contribution >= 0.6 is 0 Å². The van der Waals surface area contributed by atoms with E-state index in [2.05, 4.69) is 21.0 Å². The number of rotatable bonds is 6. The van der Waals surface area contributed by atoms with Gasteiger partial charge in [-0.05, 0) is 37.5 Å². The zero-order valence-electron chi connectivity index (χ0n) is 18.0. The molecule has 3 aromatic heterocycles. The van der Waals surface area contributed by atoms with Crippen molar-refractivity contribution in [3.63, 3.8) is 0 Å². The highest BCUT2D eigenvalue weighted by atomic mass is 16.5. The van der Waals surface area contributed by atoms with Crippen LogP contribution < -0.4 is 10.4 Å². The van der Waals surface area contributed by atoms with E-state index in [1.807, 2.05) is 16.7 Å². The zero-order valence-corrected chi connectivity index (χ0v) is 18.0. The van der Waals surface area contributed by atoms with E-state index in [9.17, 15) is 10.1 Å². The summed E-state index contributed by atoms with van der Waals surface area (Å²) >= 11 is 0. The number of fused-ring (bicyclic) bond motifs is 2. The van der Waals surface area contributed by atoms with Crippen LogP contribution in [0.15, 0.2) is 41.5 Å². The summed E-state index contributed by atoms with van der Waals surface area (Å²) in [5.74, 6) is 1.12. The molecule has 0 amide bonds. The van der Waals surface area contributed by atoms with Crippen LogP contribution in [0.1, 0.15) is 36.7 Å². The maximum Gasteiger partial charge on any atom is 0.329 e. The normalized spacial score (nSPS) is 18.1. The summed E-state index contributed by atoms with van der Waals surface area (Å²) in [5, 5.41) is 10.2. The molecular weight excluding hydrogens is 420 g/mol. The molecule has 33 heavy (non-hydrogen) atoms. The monoisotopic (exact) mass is 442 g/mol. The third kappa shape index (κ3) is 3.52. The molecular formula is C24H22N6O3. The fourth-order valence-corrected chi connectivity index (χ4v) is 4.48. The maximum atomic E-state index is 13.3. The minimum atomic E-state index is -0.0828. The summed E-state index contributed by atoms with van der Waals surface area (Å²) in [6, 6.07) is 9.70. The number of nitriles is 1. The molecule has 1 aliphatic carbocycles. The minimum Gasteiger partial charge on any atom is -0.477 e. The Morgan fingerprint density at radius 2 is 2.09 bits per heavy atom. The lowest BCUT2D eigenvalue weighted by Crippen LogP contribution is -2.25. The second kappa shape index (κ2) is 7.98. The van der Waals surface area contributed by atoms with Gasteiger partial charge in [-0.1, -0.05) is 6.07 Å². The summed E-state index contributed by atoms with van der Waals surface area (Å²) in [6.07, 6.45) is 6.37. The quantitative estimate of drug-likeness (QED) is 0.452. The third-order valence-electron chi connectivity index (χ3n) is 6.31. The Morgan fingerprint density at radius 3 is 2.88 bits per heavy atom. The van der Waals surface area contributed by atoms with Crippen molar-refractivity contribution in [3.05, 3.63) is 58.5 Å². The van der Waals surface area contributed by atoms with Crippen molar-refractivity contribution in [2.75, 3.05) is 19.8 Å². The zero-order chi connectivity index (χ0) is 22.4. The van der Waals surface area contributed by atoms with Crippen molar-refractivity contribution >= 4 is 21.9 Å². The van der Waals surface area contributed by atoms with Crippen molar-refractivity contribution in [1.29, 1.82) is 5.26 Å². The lowest BCUT2D eigenvalue weighted by atomic mass is 10.1. The van der Waals surface area contributed by atoms with Crippen molar-refractivity contribution < 1.29 is 9.47 Å².